The summed E-state index contributed by atoms with van der Waals surface area (Å²) in [6, 6.07) is 8.87. The average Bonchev–Trinajstić information content (AvgIpc) is 2.64. The number of aryl methyl sites for hydroxylation is 2. The molecule has 1 aliphatic carbocycles. The number of fused-ring (bicyclic) bond motifs is 2. The molecule has 27 heavy (non-hydrogen) atoms. The molecule has 5 rings (SSSR count). The maximum absolute atomic E-state index is 12.3. The number of hydrogen-bond donors (Lipinski definition) is 0. The number of aromatic nitrogens is 4. The van der Waals surface area contributed by atoms with Gasteiger partial charge in [0.1, 0.15) is 11.5 Å². The first-order valence-corrected chi connectivity index (χ1v) is 9.51. The number of anilines is 1. The molecule has 0 aromatic carbocycles. The lowest BCUT2D eigenvalue weighted by atomic mass is 9.96. The molecule has 0 spiro atoms. The summed E-state index contributed by atoms with van der Waals surface area (Å²) in [5.41, 5.74) is 2.78. The van der Waals surface area contributed by atoms with Gasteiger partial charge in [0.15, 0.2) is 0 Å². The third-order valence-corrected chi connectivity index (χ3v) is 5.54. The van der Waals surface area contributed by atoms with E-state index in [2.05, 4.69) is 15.0 Å². The van der Waals surface area contributed by atoms with E-state index in [0.29, 0.717) is 23.9 Å². The van der Waals surface area contributed by atoms with E-state index >= 15 is 0 Å². The van der Waals surface area contributed by atoms with E-state index in [4.69, 9.17) is 0 Å². The van der Waals surface area contributed by atoms with Gasteiger partial charge in [-0.15, -0.1) is 0 Å². The fourth-order valence-corrected chi connectivity index (χ4v) is 4.05. The first-order chi connectivity index (χ1) is 13.2. The van der Waals surface area contributed by atoms with Crippen LogP contribution in [0.2, 0.25) is 0 Å². The second-order valence-electron chi connectivity index (χ2n) is 7.50. The Bertz CT molecular complexity index is 1130. The number of pyridine rings is 1. The van der Waals surface area contributed by atoms with Crippen LogP contribution in [-0.2, 0) is 19.4 Å². The van der Waals surface area contributed by atoms with E-state index < -0.39 is 0 Å². The molecule has 4 heterocycles. The second kappa shape index (κ2) is 6.33. The molecule has 1 aliphatic heterocycles. The highest BCUT2D eigenvalue weighted by atomic mass is 16.1. The Labute approximate surface area is 155 Å². The minimum absolute atomic E-state index is 0.00354. The van der Waals surface area contributed by atoms with Crippen LogP contribution in [0.15, 0.2) is 46.1 Å². The van der Waals surface area contributed by atoms with Gasteiger partial charge in [0.05, 0.1) is 12.2 Å². The predicted octanol–water partition coefficient (Wildman–Crippen LogP) is 1.27. The quantitative estimate of drug-likeness (QED) is 0.701. The van der Waals surface area contributed by atoms with E-state index in [1.807, 2.05) is 18.2 Å². The van der Waals surface area contributed by atoms with Gasteiger partial charge in [-0.1, -0.05) is 6.07 Å². The van der Waals surface area contributed by atoms with Gasteiger partial charge in [-0.05, 0) is 43.4 Å². The molecule has 138 valence electrons. The highest BCUT2D eigenvalue weighted by molar-refractivity contribution is 5.49. The SMILES string of the molecule is O=c1cc2c(nn1CC1CN(c3cc(=O)n4ccccc4n3)C1)CCCC2. The van der Waals surface area contributed by atoms with Crippen molar-refractivity contribution < 1.29 is 0 Å². The van der Waals surface area contributed by atoms with Gasteiger partial charge in [-0.2, -0.15) is 5.10 Å². The summed E-state index contributed by atoms with van der Waals surface area (Å²) in [5, 5.41) is 4.60. The van der Waals surface area contributed by atoms with Gasteiger partial charge in [0.2, 0.25) is 0 Å². The van der Waals surface area contributed by atoms with Gasteiger partial charge < -0.3 is 4.90 Å². The van der Waals surface area contributed by atoms with Crippen LogP contribution in [0.3, 0.4) is 0 Å². The van der Waals surface area contributed by atoms with Crippen molar-refractivity contribution in [3.63, 3.8) is 0 Å². The maximum Gasteiger partial charge on any atom is 0.267 e. The van der Waals surface area contributed by atoms with E-state index in [1.165, 1.54) is 4.40 Å². The third kappa shape index (κ3) is 2.93. The normalized spacial score (nSPS) is 17.0. The monoisotopic (exact) mass is 363 g/mol. The predicted molar refractivity (Wildman–Crippen MR) is 102 cm³/mol. The molecule has 0 N–H and O–H groups in total. The zero-order valence-electron chi connectivity index (χ0n) is 15.0. The molecule has 3 aromatic rings. The summed E-state index contributed by atoms with van der Waals surface area (Å²) in [4.78, 5) is 31.2. The van der Waals surface area contributed by atoms with E-state index in [1.54, 1.807) is 23.0 Å². The Morgan fingerprint density at radius 1 is 1.04 bits per heavy atom. The molecular formula is C20H21N5O2. The van der Waals surface area contributed by atoms with Crippen molar-refractivity contribution in [2.24, 2.45) is 5.92 Å². The van der Waals surface area contributed by atoms with Gasteiger partial charge in [-0.3, -0.25) is 14.0 Å². The Morgan fingerprint density at radius 3 is 2.78 bits per heavy atom. The summed E-state index contributed by atoms with van der Waals surface area (Å²) >= 11 is 0. The number of nitrogens with zero attached hydrogens (tertiary/aromatic N) is 5. The molecule has 0 saturated carbocycles. The van der Waals surface area contributed by atoms with E-state index in [0.717, 1.165) is 50.0 Å². The summed E-state index contributed by atoms with van der Waals surface area (Å²) in [6.07, 6.45) is 5.96. The Hall–Kier alpha value is -2.96. The maximum atomic E-state index is 12.3. The zero-order valence-corrected chi connectivity index (χ0v) is 15.0. The molecule has 0 atom stereocenters. The average molecular weight is 363 g/mol. The lowest BCUT2D eigenvalue weighted by molar-refractivity contribution is 0.330. The van der Waals surface area contributed by atoms with Crippen molar-refractivity contribution in [2.45, 2.75) is 32.2 Å². The van der Waals surface area contributed by atoms with Crippen LogP contribution < -0.4 is 16.0 Å². The molecular weight excluding hydrogens is 342 g/mol. The minimum Gasteiger partial charge on any atom is -0.356 e. The molecule has 0 unspecified atom stereocenters. The standard InChI is InChI=1S/C20H21N5O2/c26-19-10-18(21-17-7-3-4-8-24(17)19)23-11-14(12-23)13-25-20(27)9-15-5-1-2-6-16(15)22-25/h3-4,7-10,14H,1-2,5-6,11-13H2. The Kier molecular flexibility index (Phi) is 3.81. The highest BCUT2D eigenvalue weighted by Gasteiger charge is 2.29. The van der Waals surface area contributed by atoms with Crippen LogP contribution in [0.4, 0.5) is 5.82 Å². The first kappa shape index (κ1) is 16.2. The van der Waals surface area contributed by atoms with Crippen LogP contribution in [0.25, 0.3) is 5.65 Å². The third-order valence-electron chi connectivity index (χ3n) is 5.54. The lowest BCUT2D eigenvalue weighted by Gasteiger charge is -2.40. The van der Waals surface area contributed by atoms with Crippen LogP contribution in [0.1, 0.15) is 24.1 Å². The molecule has 0 amide bonds. The summed E-state index contributed by atoms with van der Waals surface area (Å²) in [7, 11) is 0. The van der Waals surface area contributed by atoms with Crippen LogP contribution in [-0.4, -0.2) is 32.3 Å². The van der Waals surface area contributed by atoms with Crippen LogP contribution >= 0.6 is 0 Å². The van der Waals surface area contributed by atoms with Crippen molar-refractivity contribution in [1.29, 1.82) is 0 Å². The molecule has 0 bridgehead atoms. The molecule has 3 aromatic heterocycles. The van der Waals surface area contributed by atoms with Gasteiger partial charge in [0, 0.05) is 37.3 Å². The zero-order chi connectivity index (χ0) is 18.4. The Balaban J connectivity index is 1.32. The molecule has 1 fully saturated rings. The molecule has 0 radical (unpaired) electrons. The van der Waals surface area contributed by atoms with Crippen molar-refractivity contribution in [3.8, 4) is 0 Å². The smallest absolute Gasteiger partial charge is 0.267 e. The summed E-state index contributed by atoms with van der Waals surface area (Å²) in [6.45, 7) is 2.18. The minimum atomic E-state index is -0.0772. The van der Waals surface area contributed by atoms with Gasteiger partial charge in [0.25, 0.3) is 11.1 Å². The van der Waals surface area contributed by atoms with Crippen LogP contribution in [0.5, 0.6) is 0 Å². The van der Waals surface area contributed by atoms with Crippen LogP contribution in [0, 0.1) is 5.92 Å². The largest absolute Gasteiger partial charge is 0.356 e. The van der Waals surface area contributed by atoms with E-state index in [9.17, 15) is 9.59 Å². The van der Waals surface area contributed by atoms with Crippen molar-refractivity contribution in [1.82, 2.24) is 19.2 Å². The molecule has 7 nitrogen and oxygen atoms in total. The highest BCUT2D eigenvalue weighted by Crippen LogP contribution is 2.23. The van der Waals surface area contributed by atoms with Gasteiger partial charge in [-0.25, -0.2) is 9.67 Å². The first-order valence-electron chi connectivity index (χ1n) is 9.51. The van der Waals surface area contributed by atoms with Gasteiger partial charge >= 0.3 is 0 Å². The second-order valence-corrected chi connectivity index (χ2v) is 7.50. The lowest BCUT2D eigenvalue weighted by Crippen LogP contribution is -2.50. The Morgan fingerprint density at radius 2 is 1.89 bits per heavy atom. The topological polar surface area (TPSA) is 72.5 Å². The number of rotatable bonds is 3. The molecule has 2 aliphatic rings. The fraction of sp³-hybridized carbons (Fsp3) is 0.400. The van der Waals surface area contributed by atoms with Crippen molar-refractivity contribution in [2.75, 3.05) is 18.0 Å². The number of hydrogen-bond acceptors (Lipinski definition) is 5. The van der Waals surface area contributed by atoms with Crippen molar-refractivity contribution in [3.05, 3.63) is 68.5 Å². The van der Waals surface area contributed by atoms with E-state index in [-0.39, 0.29) is 11.1 Å². The summed E-state index contributed by atoms with van der Waals surface area (Å²) < 4.78 is 3.16. The fourth-order valence-electron chi connectivity index (χ4n) is 4.05. The molecule has 7 heteroatoms. The van der Waals surface area contributed by atoms with Crippen molar-refractivity contribution >= 4 is 11.5 Å². The molecule has 1 saturated heterocycles. The summed E-state index contributed by atoms with van der Waals surface area (Å²) in [5.74, 6) is 1.04.